The molecule has 0 bridgehead atoms. The Labute approximate surface area is 143 Å². The van der Waals surface area contributed by atoms with Crippen LogP contribution in [0.25, 0.3) is 10.8 Å². The first kappa shape index (κ1) is 14.7. The van der Waals surface area contributed by atoms with Gasteiger partial charge in [-0.15, -0.1) is 5.92 Å². The molecule has 2 nitrogen and oxygen atoms in total. The Morgan fingerprint density at radius 3 is 2.58 bits per heavy atom. The van der Waals surface area contributed by atoms with E-state index < -0.39 is 0 Å². The van der Waals surface area contributed by atoms with E-state index in [0.29, 0.717) is 0 Å². The van der Waals surface area contributed by atoms with E-state index in [9.17, 15) is 0 Å². The van der Waals surface area contributed by atoms with Gasteiger partial charge in [0.1, 0.15) is 0 Å². The van der Waals surface area contributed by atoms with Crippen molar-refractivity contribution in [1.29, 1.82) is 0 Å². The lowest BCUT2D eigenvalue weighted by atomic mass is 9.71. The molecule has 0 fully saturated rings. The van der Waals surface area contributed by atoms with Crippen molar-refractivity contribution in [2.45, 2.75) is 20.4 Å². The lowest BCUT2D eigenvalue weighted by Gasteiger charge is -2.35. The number of hydrogen-bond donors (Lipinski definition) is 1. The number of benzene rings is 3. The van der Waals surface area contributed by atoms with Gasteiger partial charge in [-0.2, -0.15) is 0 Å². The van der Waals surface area contributed by atoms with Gasteiger partial charge in [-0.05, 0) is 42.5 Å². The van der Waals surface area contributed by atoms with E-state index in [1.165, 1.54) is 27.6 Å². The van der Waals surface area contributed by atoms with Crippen LogP contribution in [-0.2, 0) is 6.54 Å². The fourth-order valence-electron chi connectivity index (χ4n) is 3.44. The molecule has 24 heavy (non-hydrogen) atoms. The van der Waals surface area contributed by atoms with Gasteiger partial charge >= 0.3 is 6.98 Å². The van der Waals surface area contributed by atoms with E-state index in [-0.39, 0.29) is 6.98 Å². The lowest BCUT2D eigenvalue weighted by Crippen LogP contribution is -2.47. The van der Waals surface area contributed by atoms with Crippen molar-refractivity contribution in [1.82, 2.24) is 0 Å². The Morgan fingerprint density at radius 1 is 1.00 bits per heavy atom. The van der Waals surface area contributed by atoms with Crippen molar-refractivity contribution in [3.63, 3.8) is 0 Å². The minimum Gasteiger partial charge on any atom is -0.398 e. The van der Waals surface area contributed by atoms with Crippen molar-refractivity contribution >= 4 is 29.1 Å². The topological polar surface area (TPSA) is 15.3 Å². The second-order valence-electron chi connectivity index (χ2n) is 6.18. The summed E-state index contributed by atoms with van der Waals surface area (Å²) in [5.74, 6) is 6.40. The van der Waals surface area contributed by atoms with Crippen molar-refractivity contribution in [3.8, 4) is 11.7 Å². The molecule has 0 amide bonds. The van der Waals surface area contributed by atoms with Gasteiger partial charge in [-0.1, -0.05) is 54.4 Å². The minimum absolute atomic E-state index is 0.0184. The number of aryl methyl sites for hydroxylation is 1. The lowest BCUT2D eigenvalue weighted by molar-refractivity contribution is 1.01. The van der Waals surface area contributed by atoms with Gasteiger partial charge in [0.2, 0.25) is 0 Å². The Kier molecular flexibility index (Phi) is 3.67. The molecule has 0 aromatic heterocycles. The van der Waals surface area contributed by atoms with Gasteiger partial charge < -0.3 is 10.0 Å². The monoisotopic (exact) mass is 310 g/mol. The maximum atomic E-state index is 3.60. The van der Waals surface area contributed by atoms with Gasteiger partial charge in [0.15, 0.2) is 0 Å². The number of rotatable bonds is 2. The third-order valence-corrected chi connectivity index (χ3v) is 4.68. The molecule has 0 atom stereocenters. The van der Waals surface area contributed by atoms with E-state index in [2.05, 4.69) is 89.4 Å². The average Bonchev–Trinajstić information content (AvgIpc) is 2.60. The van der Waals surface area contributed by atoms with E-state index in [4.69, 9.17) is 0 Å². The summed E-state index contributed by atoms with van der Waals surface area (Å²) in [4.78, 5) is 2.37. The third kappa shape index (κ3) is 2.41. The summed E-state index contributed by atoms with van der Waals surface area (Å²) in [7, 11) is 0. The quantitative estimate of drug-likeness (QED) is 0.548. The van der Waals surface area contributed by atoms with Crippen LogP contribution in [0.15, 0.2) is 60.7 Å². The predicted octanol–water partition coefficient (Wildman–Crippen LogP) is 4.63. The first-order chi connectivity index (χ1) is 11.8. The van der Waals surface area contributed by atoms with Gasteiger partial charge in [0.25, 0.3) is 0 Å². The van der Waals surface area contributed by atoms with Crippen LogP contribution >= 0.6 is 0 Å². The molecule has 0 radical (unpaired) electrons. The molecule has 1 N–H and O–H groups in total. The normalized spacial score (nSPS) is 12.6. The molecule has 4 rings (SSSR count). The standard InChI is InChI=1S/C21H19BN2/c1-3-14-22-23-19-12-6-10-17-11-7-13-20(21(17)19)24(22)15-18-9-5-4-8-16(18)2/h4-13,23H,15H2,1-2H3. The van der Waals surface area contributed by atoms with Crippen molar-refractivity contribution in [2.24, 2.45) is 0 Å². The Bertz CT molecular complexity index is 963. The summed E-state index contributed by atoms with van der Waals surface area (Å²) in [6.45, 7) is 4.89. The Hall–Kier alpha value is -2.86. The molecule has 3 aromatic rings. The van der Waals surface area contributed by atoms with E-state index in [1.807, 2.05) is 6.92 Å². The molecule has 116 valence electrons. The van der Waals surface area contributed by atoms with Gasteiger partial charge in [0.05, 0.1) is 0 Å². The maximum Gasteiger partial charge on any atom is 0.463 e. The largest absolute Gasteiger partial charge is 0.463 e. The highest BCUT2D eigenvalue weighted by atomic mass is 15.2. The van der Waals surface area contributed by atoms with Crippen LogP contribution in [-0.4, -0.2) is 6.98 Å². The second kappa shape index (κ2) is 5.98. The zero-order chi connectivity index (χ0) is 16.5. The summed E-state index contributed by atoms with van der Waals surface area (Å²) >= 11 is 0. The van der Waals surface area contributed by atoms with Crippen LogP contribution in [0.5, 0.6) is 0 Å². The maximum absolute atomic E-state index is 3.60. The first-order valence-electron chi connectivity index (χ1n) is 8.29. The summed E-state index contributed by atoms with van der Waals surface area (Å²) in [5, 5.41) is 6.14. The molecule has 3 heteroatoms. The highest BCUT2D eigenvalue weighted by molar-refractivity contribution is 6.75. The van der Waals surface area contributed by atoms with Gasteiger partial charge in [0, 0.05) is 23.3 Å². The molecular weight excluding hydrogens is 291 g/mol. The predicted molar refractivity (Wildman–Crippen MR) is 104 cm³/mol. The van der Waals surface area contributed by atoms with Crippen LogP contribution in [0.3, 0.4) is 0 Å². The average molecular weight is 310 g/mol. The number of hydrogen-bond acceptors (Lipinski definition) is 2. The molecule has 0 saturated carbocycles. The summed E-state index contributed by atoms with van der Waals surface area (Å²) in [6.07, 6.45) is 0. The van der Waals surface area contributed by atoms with Crippen LogP contribution < -0.4 is 10.0 Å². The fourth-order valence-corrected chi connectivity index (χ4v) is 3.44. The second-order valence-corrected chi connectivity index (χ2v) is 6.18. The fraction of sp³-hybridized carbons (Fsp3) is 0.143. The van der Waals surface area contributed by atoms with E-state index in [0.717, 1.165) is 12.2 Å². The highest BCUT2D eigenvalue weighted by Gasteiger charge is 2.30. The van der Waals surface area contributed by atoms with Crippen LogP contribution in [0.1, 0.15) is 18.1 Å². The van der Waals surface area contributed by atoms with E-state index >= 15 is 0 Å². The van der Waals surface area contributed by atoms with Crippen molar-refractivity contribution in [3.05, 3.63) is 71.8 Å². The number of nitrogens with zero attached hydrogens (tertiary/aromatic N) is 1. The first-order valence-corrected chi connectivity index (χ1v) is 8.29. The van der Waals surface area contributed by atoms with Crippen LogP contribution in [0.4, 0.5) is 11.4 Å². The minimum atomic E-state index is -0.0184. The molecule has 3 aromatic carbocycles. The van der Waals surface area contributed by atoms with Gasteiger partial charge in [-0.3, -0.25) is 0 Å². The highest BCUT2D eigenvalue weighted by Crippen LogP contribution is 2.38. The van der Waals surface area contributed by atoms with Gasteiger partial charge in [-0.25, -0.2) is 0 Å². The van der Waals surface area contributed by atoms with Crippen LogP contribution in [0.2, 0.25) is 0 Å². The molecule has 0 aliphatic carbocycles. The molecule has 1 heterocycles. The molecule has 0 unspecified atom stereocenters. The number of anilines is 2. The third-order valence-electron chi connectivity index (χ3n) is 4.68. The summed E-state index contributed by atoms with van der Waals surface area (Å²) < 4.78 is 0. The molecule has 1 aliphatic heterocycles. The van der Waals surface area contributed by atoms with Crippen LogP contribution in [0, 0.1) is 18.7 Å². The molecule has 0 saturated heterocycles. The number of nitrogens with one attached hydrogen (secondary N) is 1. The summed E-state index contributed by atoms with van der Waals surface area (Å²) in [6, 6.07) is 21.5. The van der Waals surface area contributed by atoms with Crippen molar-refractivity contribution < 1.29 is 0 Å². The SMILES string of the molecule is CC#CB1Nc2cccc3cccc(c23)N1Cc1ccccc1C. The molecule has 1 aliphatic rings. The van der Waals surface area contributed by atoms with E-state index in [1.54, 1.807) is 0 Å². The zero-order valence-electron chi connectivity index (χ0n) is 14.0. The Morgan fingerprint density at radius 2 is 1.79 bits per heavy atom. The molecular formula is C21H19BN2. The van der Waals surface area contributed by atoms with Crippen molar-refractivity contribution in [2.75, 3.05) is 10.0 Å². The summed E-state index contributed by atoms with van der Waals surface area (Å²) in [5.41, 5.74) is 5.06. The zero-order valence-corrected chi connectivity index (χ0v) is 14.0. The Balaban J connectivity index is 1.87. The smallest absolute Gasteiger partial charge is 0.398 e. The molecule has 0 spiro atoms.